The summed E-state index contributed by atoms with van der Waals surface area (Å²) < 4.78 is 31.0. The molecule has 0 N–H and O–H groups in total. The van der Waals surface area contributed by atoms with Crippen molar-refractivity contribution in [2.75, 3.05) is 7.11 Å². The summed E-state index contributed by atoms with van der Waals surface area (Å²) in [5, 5.41) is 0.593. The Kier molecular flexibility index (Phi) is 3.42. The minimum absolute atomic E-state index is 0.129. The van der Waals surface area contributed by atoms with Crippen LogP contribution in [0.5, 0.6) is 0 Å². The van der Waals surface area contributed by atoms with Crippen LogP contribution in [0.2, 0.25) is 0 Å². The first-order valence-electron chi connectivity index (χ1n) is 6.40. The van der Waals surface area contributed by atoms with Gasteiger partial charge in [0.2, 0.25) is 0 Å². The van der Waals surface area contributed by atoms with Gasteiger partial charge in [0.05, 0.1) is 23.7 Å². The van der Waals surface area contributed by atoms with E-state index in [-0.39, 0.29) is 10.6 Å². The summed E-state index contributed by atoms with van der Waals surface area (Å²) in [4.78, 5) is 15.6. The molecule has 0 unspecified atom stereocenters. The molecule has 0 amide bonds. The highest BCUT2D eigenvalue weighted by Crippen LogP contribution is 2.22. The van der Waals surface area contributed by atoms with Crippen LogP contribution in [0.3, 0.4) is 0 Å². The van der Waals surface area contributed by atoms with E-state index in [2.05, 4.69) is 9.72 Å². The number of fused-ring (bicyclic) bond motifs is 1. The maximum Gasteiger partial charge on any atom is 0.356 e. The summed E-state index contributed by atoms with van der Waals surface area (Å²) >= 11 is 0. The molecule has 3 rings (SSSR count). The number of aromatic nitrogens is 2. The SMILES string of the molecule is COC(=O)c1cc2ccn(S(=O)(=O)c3ccccc3)c2cn1. The summed E-state index contributed by atoms with van der Waals surface area (Å²) in [6, 6.07) is 11.2. The van der Waals surface area contributed by atoms with Gasteiger partial charge in [-0.25, -0.2) is 22.2 Å². The van der Waals surface area contributed by atoms with Crippen LogP contribution in [0.25, 0.3) is 10.9 Å². The molecule has 0 aliphatic carbocycles. The lowest BCUT2D eigenvalue weighted by atomic mass is 10.2. The standard InChI is InChI=1S/C15H12N2O4S/c1-21-15(18)13-9-11-7-8-17(14(11)10-16-13)22(19,20)12-5-3-2-4-6-12/h2-10H,1H3. The van der Waals surface area contributed by atoms with Crippen molar-refractivity contribution in [3.8, 4) is 0 Å². The molecule has 0 radical (unpaired) electrons. The molecule has 0 fully saturated rings. The van der Waals surface area contributed by atoms with Crippen LogP contribution in [0.15, 0.2) is 59.8 Å². The molecule has 0 atom stereocenters. The van der Waals surface area contributed by atoms with Gasteiger partial charge in [0.1, 0.15) is 5.69 Å². The molecule has 0 aliphatic heterocycles. The Morgan fingerprint density at radius 3 is 2.59 bits per heavy atom. The number of hydrogen-bond acceptors (Lipinski definition) is 5. The lowest BCUT2D eigenvalue weighted by Crippen LogP contribution is -2.12. The highest BCUT2D eigenvalue weighted by Gasteiger charge is 2.19. The van der Waals surface area contributed by atoms with Gasteiger partial charge in [-0.15, -0.1) is 0 Å². The van der Waals surface area contributed by atoms with Gasteiger partial charge in [0.15, 0.2) is 0 Å². The van der Waals surface area contributed by atoms with Crippen molar-refractivity contribution < 1.29 is 17.9 Å². The lowest BCUT2D eigenvalue weighted by Gasteiger charge is -2.07. The monoisotopic (exact) mass is 316 g/mol. The van der Waals surface area contributed by atoms with E-state index in [0.717, 1.165) is 3.97 Å². The molecule has 2 heterocycles. The van der Waals surface area contributed by atoms with Crippen molar-refractivity contribution in [1.29, 1.82) is 0 Å². The number of hydrogen-bond donors (Lipinski definition) is 0. The van der Waals surface area contributed by atoms with E-state index in [9.17, 15) is 13.2 Å². The van der Waals surface area contributed by atoms with Gasteiger partial charge >= 0.3 is 5.97 Å². The normalized spacial score (nSPS) is 11.5. The highest BCUT2D eigenvalue weighted by molar-refractivity contribution is 7.90. The molecular weight excluding hydrogens is 304 g/mol. The molecule has 2 aromatic heterocycles. The summed E-state index contributed by atoms with van der Waals surface area (Å²) in [6.07, 6.45) is 2.79. The van der Waals surface area contributed by atoms with Crippen LogP contribution >= 0.6 is 0 Å². The van der Waals surface area contributed by atoms with Crippen molar-refractivity contribution in [2.45, 2.75) is 4.90 Å². The molecule has 0 saturated carbocycles. The first-order chi connectivity index (χ1) is 10.5. The average molecular weight is 316 g/mol. The number of rotatable bonds is 3. The van der Waals surface area contributed by atoms with Crippen LogP contribution in [-0.2, 0) is 14.8 Å². The third-order valence-corrected chi connectivity index (χ3v) is 4.94. The van der Waals surface area contributed by atoms with Gasteiger partial charge < -0.3 is 4.74 Å². The van der Waals surface area contributed by atoms with Crippen molar-refractivity contribution in [3.05, 3.63) is 60.6 Å². The molecule has 0 aliphatic rings. The van der Waals surface area contributed by atoms with Crippen LogP contribution in [-0.4, -0.2) is 30.5 Å². The molecule has 3 aromatic rings. The quantitative estimate of drug-likeness (QED) is 0.691. The van der Waals surface area contributed by atoms with Crippen LogP contribution in [0.1, 0.15) is 10.5 Å². The lowest BCUT2D eigenvalue weighted by molar-refractivity contribution is 0.0594. The molecule has 0 bridgehead atoms. The van der Waals surface area contributed by atoms with Crippen molar-refractivity contribution in [3.63, 3.8) is 0 Å². The van der Waals surface area contributed by atoms with E-state index in [1.54, 1.807) is 24.3 Å². The fraction of sp³-hybridized carbons (Fsp3) is 0.0667. The van der Waals surface area contributed by atoms with Gasteiger partial charge in [-0.05, 0) is 24.3 Å². The number of carbonyl (C=O) groups excluding carboxylic acids is 1. The minimum Gasteiger partial charge on any atom is -0.464 e. The van der Waals surface area contributed by atoms with Crippen LogP contribution < -0.4 is 0 Å². The largest absolute Gasteiger partial charge is 0.464 e. The van der Waals surface area contributed by atoms with E-state index >= 15 is 0 Å². The van der Waals surface area contributed by atoms with Crippen LogP contribution in [0, 0.1) is 0 Å². The Labute approximate surface area is 127 Å². The smallest absolute Gasteiger partial charge is 0.356 e. The van der Waals surface area contributed by atoms with Crippen molar-refractivity contribution in [1.82, 2.24) is 8.96 Å². The Morgan fingerprint density at radius 2 is 1.91 bits per heavy atom. The first kappa shape index (κ1) is 14.3. The molecule has 0 spiro atoms. The van der Waals surface area contributed by atoms with E-state index in [1.807, 2.05) is 0 Å². The Morgan fingerprint density at radius 1 is 1.18 bits per heavy atom. The molecule has 0 saturated heterocycles. The van der Waals surface area contributed by atoms with Gasteiger partial charge in [-0.3, -0.25) is 0 Å². The second-order valence-corrected chi connectivity index (χ2v) is 6.36. The number of ether oxygens (including phenoxy) is 1. The van der Waals surface area contributed by atoms with E-state index in [1.165, 1.54) is 37.7 Å². The van der Waals surface area contributed by atoms with Gasteiger partial charge in [0, 0.05) is 11.6 Å². The molecular formula is C15H12N2O4S. The summed E-state index contributed by atoms with van der Waals surface area (Å²) in [7, 11) is -2.44. The van der Waals surface area contributed by atoms with Crippen LogP contribution in [0.4, 0.5) is 0 Å². The number of nitrogens with zero attached hydrogens (tertiary/aromatic N) is 2. The average Bonchev–Trinajstić information content (AvgIpc) is 2.98. The molecule has 112 valence electrons. The third kappa shape index (κ3) is 2.25. The number of benzene rings is 1. The first-order valence-corrected chi connectivity index (χ1v) is 7.84. The number of esters is 1. The predicted molar refractivity (Wildman–Crippen MR) is 80.1 cm³/mol. The fourth-order valence-electron chi connectivity index (χ4n) is 2.14. The minimum atomic E-state index is -3.70. The zero-order valence-electron chi connectivity index (χ0n) is 11.6. The molecule has 22 heavy (non-hydrogen) atoms. The number of methoxy groups -OCH3 is 1. The Hall–Kier alpha value is -2.67. The summed E-state index contributed by atoms with van der Waals surface area (Å²) in [5.74, 6) is -0.569. The Balaban J connectivity index is 2.15. The summed E-state index contributed by atoms with van der Waals surface area (Å²) in [6.45, 7) is 0. The molecule has 1 aromatic carbocycles. The van der Waals surface area contributed by atoms with E-state index in [4.69, 9.17) is 0 Å². The topological polar surface area (TPSA) is 78.3 Å². The van der Waals surface area contributed by atoms with Gasteiger partial charge in [-0.2, -0.15) is 0 Å². The fourth-order valence-corrected chi connectivity index (χ4v) is 3.50. The van der Waals surface area contributed by atoms with Crippen molar-refractivity contribution in [2.24, 2.45) is 0 Å². The second kappa shape index (κ2) is 5.27. The third-order valence-electron chi connectivity index (χ3n) is 3.24. The zero-order chi connectivity index (χ0) is 15.7. The molecule has 6 nitrogen and oxygen atoms in total. The van der Waals surface area contributed by atoms with Gasteiger partial charge in [-0.1, -0.05) is 18.2 Å². The zero-order valence-corrected chi connectivity index (χ0v) is 12.4. The maximum absolute atomic E-state index is 12.6. The molecule has 7 heteroatoms. The Bertz CT molecular complexity index is 946. The highest BCUT2D eigenvalue weighted by atomic mass is 32.2. The van der Waals surface area contributed by atoms with E-state index < -0.39 is 16.0 Å². The maximum atomic E-state index is 12.6. The predicted octanol–water partition coefficient (Wildman–Crippen LogP) is 2.06. The number of carbonyl (C=O) groups is 1. The van der Waals surface area contributed by atoms with E-state index in [0.29, 0.717) is 10.9 Å². The number of pyridine rings is 1. The van der Waals surface area contributed by atoms with Crippen molar-refractivity contribution >= 4 is 26.9 Å². The van der Waals surface area contributed by atoms with Gasteiger partial charge in [0.25, 0.3) is 10.0 Å². The second-order valence-electron chi connectivity index (χ2n) is 4.55. The summed E-state index contributed by atoms with van der Waals surface area (Å²) in [5.41, 5.74) is 0.529.